The van der Waals surface area contributed by atoms with E-state index in [0.29, 0.717) is 11.4 Å². The van der Waals surface area contributed by atoms with E-state index in [2.05, 4.69) is 73.8 Å². The Morgan fingerprint density at radius 2 is 0.958 bits per heavy atom. The van der Waals surface area contributed by atoms with Gasteiger partial charge < -0.3 is 0 Å². The first kappa shape index (κ1) is 40.6. The summed E-state index contributed by atoms with van der Waals surface area (Å²) in [6, 6.07) is 17.7. The van der Waals surface area contributed by atoms with Gasteiger partial charge in [-0.25, -0.2) is 9.97 Å². The molecule has 0 amide bonds. The SMILES string of the molecule is CC(C)(C)c1ccnc(-c2n[nH]c(C(F)(F)F)n2)c1.CC(C)(C)c1ccnc(-c2n[nH]c(C(F)(F)F)n2)c1.CP(C)c1ccccc1.[Os+2]. The summed E-state index contributed by atoms with van der Waals surface area (Å²) in [4.78, 5) is 14.9. The van der Waals surface area contributed by atoms with E-state index < -0.39 is 24.0 Å². The predicted molar refractivity (Wildman–Crippen MR) is 171 cm³/mol. The smallest absolute Gasteiger partial charge is 0.255 e. The first-order valence-electron chi connectivity index (χ1n) is 14.3. The van der Waals surface area contributed by atoms with Gasteiger partial charge in [-0.15, -0.1) is 0 Å². The molecule has 0 radical (unpaired) electrons. The summed E-state index contributed by atoms with van der Waals surface area (Å²) in [5.74, 6) is -2.35. The summed E-state index contributed by atoms with van der Waals surface area (Å²) in [6.07, 6.45) is -5.99. The van der Waals surface area contributed by atoms with Gasteiger partial charge in [-0.05, 0) is 64.9 Å². The number of pyridine rings is 2. The molecule has 0 saturated heterocycles. The summed E-state index contributed by atoms with van der Waals surface area (Å²) >= 11 is 0. The Kier molecular flexibility index (Phi) is 13.7. The van der Waals surface area contributed by atoms with E-state index in [0.717, 1.165) is 11.1 Å². The van der Waals surface area contributed by atoms with E-state index in [4.69, 9.17) is 0 Å². The minimum atomic E-state index is -4.53. The van der Waals surface area contributed by atoms with Gasteiger partial charge in [0.2, 0.25) is 11.6 Å². The number of nitrogens with one attached hydrogen (secondary N) is 2. The third-order valence-electron chi connectivity index (χ3n) is 6.49. The zero-order valence-corrected chi connectivity index (χ0v) is 31.0. The molecule has 16 heteroatoms. The number of benzene rings is 1. The van der Waals surface area contributed by atoms with Crippen molar-refractivity contribution >= 4 is 13.2 Å². The van der Waals surface area contributed by atoms with E-state index >= 15 is 0 Å². The molecule has 0 aliphatic carbocycles. The Balaban J connectivity index is 0.000000263. The molecule has 0 bridgehead atoms. The van der Waals surface area contributed by atoms with Crippen LogP contribution in [0.3, 0.4) is 0 Å². The van der Waals surface area contributed by atoms with E-state index in [1.54, 1.807) is 24.5 Å². The fourth-order valence-corrected chi connectivity index (χ4v) is 4.54. The third kappa shape index (κ3) is 11.8. The first-order valence-corrected chi connectivity index (χ1v) is 16.5. The molecule has 2 N–H and O–H groups in total. The van der Waals surface area contributed by atoms with Crippen LogP contribution in [-0.4, -0.2) is 53.7 Å². The van der Waals surface area contributed by atoms with Crippen molar-refractivity contribution in [3.8, 4) is 23.0 Å². The fraction of sp³-hybridized carbons (Fsp3) is 0.375. The van der Waals surface area contributed by atoms with Gasteiger partial charge in [0.25, 0.3) is 0 Å². The molecular weight excluding hydrogens is 832 g/mol. The topological polar surface area (TPSA) is 109 Å². The maximum Gasteiger partial charge on any atom is 2.00 e. The summed E-state index contributed by atoms with van der Waals surface area (Å²) in [7, 11) is 0.104. The Bertz CT molecular complexity index is 1620. The van der Waals surface area contributed by atoms with Crippen LogP contribution < -0.4 is 5.30 Å². The molecule has 258 valence electrons. The molecule has 4 aromatic heterocycles. The number of aromatic nitrogens is 8. The number of aromatic amines is 2. The molecule has 0 unspecified atom stereocenters. The van der Waals surface area contributed by atoms with Crippen molar-refractivity contribution in [3.63, 3.8) is 0 Å². The number of H-pyrrole nitrogens is 2. The number of nitrogens with zero attached hydrogens (tertiary/aromatic N) is 6. The molecular formula is C32H37F6N8OsP+2. The zero-order valence-electron chi connectivity index (χ0n) is 27.6. The number of hydrogen-bond donors (Lipinski definition) is 2. The molecule has 0 aliphatic rings. The van der Waals surface area contributed by atoms with Crippen molar-refractivity contribution in [1.82, 2.24) is 40.3 Å². The van der Waals surface area contributed by atoms with E-state index in [1.165, 1.54) is 5.30 Å². The van der Waals surface area contributed by atoms with Crippen molar-refractivity contribution in [2.75, 3.05) is 13.3 Å². The molecule has 0 saturated carbocycles. The van der Waals surface area contributed by atoms with Crippen LogP contribution in [0, 0.1) is 0 Å². The molecule has 8 nitrogen and oxygen atoms in total. The molecule has 0 fully saturated rings. The average Bonchev–Trinajstić information content (AvgIpc) is 3.69. The standard InChI is InChI=1S/2C12H13F3N4.C8H11P.Os/c2*1-11(2,3)7-4-5-16-8(6-7)9-17-10(19-18-9)12(13,14)15;1-9(2)8-6-4-3-5-7-8;/h2*4-6H,1-3H3,(H,17,18,19);3-7H,1-2H3;/q;;;+2. The summed E-state index contributed by atoms with van der Waals surface area (Å²) < 4.78 is 74.6. The van der Waals surface area contributed by atoms with Crippen LogP contribution in [0.1, 0.15) is 64.3 Å². The third-order valence-corrected chi connectivity index (χ3v) is 7.82. The number of rotatable bonds is 3. The summed E-state index contributed by atoms with van der Waals surface area (Å²) in [5.41, 5.74) is 2.30. The monoisotopic (exact) mass is 870 g/mol. The van der Waals surface area contributed by atoms with Gasteiger partial charge in [0.15, 0.2) is 11.6 Å². The minimum absolute atomic E-state index is 0. The maximum atomic E-state index is 12.4. The van der Waals surface area contributed by atoms with Crippen molar-refractivity contribution in [1.29, 1.82) is 0 Å². The second-order valence-electron chi connectivity index (χ2n) is 12.6. The molecule has 0 aliphatic heterocycles. The van der Waals surface area contributed by atoms with E-state index in [-0.39, 0.29) is 50.2 Å². The second kappa shape index (κ2) is 16.2. The fourth-order valence-electron chi connectivity index (χ4n) is 3.77. The predicted octanol–water partition coefficient (Wildman–Crippen LogP) is 8.42. The van der Waals surface area contributed by atoms with Crippen LogP contribution in [0.25, 0.3) is 23.0 Å². The van der Waals surface area contributed by atoms with Gasteiger partial charge in [0.1, 0.15) is 11.4 Å². The van der Waals surface area contributed by atoms with Crippen LogP contribution in [0.15, 0.2) is 67.0 Å². The van der Waals surface area contributed by atoms with Crippen molar-refractivity contribution in [2.45, 2.75) is 64.7 Å². The van der Waals surface area contributed by atoms with Gasteiger partial charge >= 0.3 is 32.1 Å². The van der Waals surface area contributed by atoms with Crippen LogP contribution in [0.4, 0.5) is 26.3 Å². The normalized spacial score (nSPS) is 12.0. The van der Waals surface area contributed by atoms with E-state index in [9.17, 15) is 26.3 Å². The molecule has 5 aromatic rings. The van der Waals surface area contributed by atoms with E-state index in [1.807, 2.05) is 63.9 Å². The summed E-state index contributed by atoms with van der Waals surface area (Å²) in [6.45, 7) is 16.6. The van der Waals surface area contributed by atoms with Crippen molar-refractivity contribution in [2.24, 2.45) is 0 Å². The quantitative estimate of drug-likeness (QED) is 0.139. The Labute approximate surface area is 289 Å². The van der Waals surface area contributed by atoms with Gasteiger partial charge in [0, 0.05) is 12.4 Å². The maximum absolute atomic E-state index is 12.4. The molecule has 0 spiro atoms. The molecule has 4 heterocycles. The average molecular weight is 869 g/mol. The number of alkyl halides is 6. The summed E-state index contributed by atoms with van der Waals surface area (Å²) in [5, 5.41) is 12.3. The number of hydrogen-bond acceptors (Lipinski definition) is 6. The van der Waals surface area contributed by atoms with Crippen molar-refractivity contribution < 1.29 is 46.1 Å². The van der Waals surface area contributed by atoms with Crippen LogP contribution in [0.2, 0.25) is 0 Å². The van der Waals surface area contributed by atoms with Gasteiger partial charge in [-0.2, -0.15) is 36.5 Å². The van der Waals surface area contributed by atoms with Crippen LogP contribution >= 0.6 is 7.92 Å². The molecule has 5 rings (SSSR count). The molecule has 0 atom stereocenters. The number of halogens is 6. The van der Waals surface area contributed by atoms with Gasteiger partial charge in [-0.3, -0.25) is 20.2 Å². The Morgan fingerprint density at radius 1 is 0.583 bits per heavy atom. The van der Waals surface area contributed by atoms with Crippen molar-refractivity contribution in [3.05, 3.63) is 89.8 Å². The van der Waals surface area contributed by atoms with Crippen LogP contribution in [0.5, 0.6) is 0 Å². The minimum Gasteiger partial charge on any atom is -0.255 e. The zero-order chi connectivity index (χ0) is 35.2. The molecule has 48 heavy (non-hydrogen) atoms. The largest absolute Gasteiger partial charge is 2.00 e. The first-order chi connectivity index (χ1) is 21.7. The second-order valence-corrected chi connectivity index (χ2v) is 14.9. The van der Waals surface area contributed by atoms with Gasteiger partial charge in [-0.1, -0.05) is 79.8 Å². The van der Waals surface area contributed by atoms with Crippen LogP contribution in [-0.2, 0) is 43.0 Å². The molecule has 1 aromatic carbocycles. The van der Waals surface area contributed by atoms with Gasteiger partial charge in [0.05, 0.1) is 0 Å². The Hall–Kier alpha value is -3.55. The Morgan fingerprint density at radius 3 is 1.23 bits per heavy atom.